The molecule has 5 heteroatoms. The first-order valence-corrected chi connectivity index (χ1v) is 4.37. The summed E-state index contributed by atoms with van der Waals surface area (Å²) in [5.41, 5.74) is 4.66. The van der Waals surface area contributed by atoms with E-state index in [0.29, 0.717) is 10.0 Å². The lowest BCUT2D eigenvalue weighted by Gasteiger charge is -2.18. The van der Waals surface area contributed by atoms with Crippen molar-refractivity contribution in [2.45, 2.75) is 12.5 Å². The summed E-state index contributed by atoms with van der Waals surface area (Å²) in [6.45, 7) is 1.43. The number of hydrogen-bond acceptors (Lipinski definition) is 3. The number of pyridine rings is 1. The molecule has 0 aromatic carbocycles. The van der Waals surface area contributed by atoms with E-state index < -0.39 is 11.5 Å². The summed E-state index contributed by atoms with van der Waals surface area (Å²) in [7, 11) is 0. The van der Waals surface area contributed by atoms with Crippen molar-refractivity contribution in [2.75, 3.05) is 0 Å². The smallest absolute Gasteiger partial charge is 0.328 e. The molecule has 13 heavy (non-hydrogen) atoms. The summed E-state index contributed by atoms with van der Waals surface area (Å²) in [4.78, 5) is 14.6. The molecule has 0 aliphatic heterocycles. The van der Waals surface area contributed by atoms with Gasteiger partial charge in [-0.25, -0.2) is 4.79 Å². The standard InChI is InChI=1S/C8H9BrN2O2/c1-8(10,7(12)13)5-2-6(9)4-11-3-5/h2-4H,10H2,1H3,(H,12,13)/t8-/m0/s1. The lowest BCUT2D eigenvalue weighted by molar-refractivity contribution is -0.143. The Balaban J connectivity index is 3.14. The maximum Gasteiger partial charge on any atom is 0.328 e. The summed E-state index contributed by atoms with van der Waals surface area (Å²) < 4.78 is 0.711. The maximum atomic E-state index is 10.8. The van der Waals surface area contributed by atoms with Crippen LogP contribution in [0.1, 0.15) is 12.5 Å². The van der Waals surface area contributed by atoms with Crippen molar-refractivity contribution in [1.29, 1.82) is 0 Å². The monoisotopic (exact) mass is 244 g/mol. The van der Waals surface area contributed by atoms with Crippen LogP contribution >= 0.6 is 15.9 Å². The zero-order valence-corrected chi connectivity index (χ0v) is 8.58. The maximum absolute atomic E-state index is 10.8. The van der Waals surface area contributed by atoms with Crippen molar-refractivity contribution in [2.24, 2.45) is 5.73 Å². The minimum atomic E-state index is -1.39. The van der Waals surface area contributed by atoms with Crippen LogP contribution in [0.15, 0.2) is 22.9 Å². The minimum absolute atomic E-state index is 0.467. The Labute approximate surface area is 83.9 Å². The summed E-state index contributed by atoms with van der Waals surface area (Å²) in [6.07, 6.45) is 3.01. The second kappa shape index (κ2) is 3.43. The number of aromatic nitrogens is 1. The third-order valence-electron chi connectivity index (χ3n) is 1.75. The van der Waals surface area contributed by atoms with Crippen molar-refractivity contribution in [3.8, 4) is 0 Å². The molecule has 0 aliphatic carbocycles. The molecule has 0 radical (unpaired) electrons. The fourth-order valence-electron chi connectivity index (χ4n) is 0.819. The van der Waals surface area contributed by atoms with E-state index in [9.17, 15) is 4.79 Å². The SMILES string of the molecule is C[C@@](N)(C(=O)O)c1cncc(Br)c1. The van der Waals surface area contributed by atoms with Crippen molar-refractivity contribution < 1.29 is 9.90 Å². The molecule has 0 aliphatic rings. The third kappa shape index (κ3) is 2.05. The molecule has 1 atom stereocenters. The van der Waals surface area contributed by atoms with E-state index in [1.807, 2.05) is 0 Å². The molecule has 0 amide bonds. The van der Waals surface area contributed by atoms with E-state index in [1.165, 1.54) is 13.1 Å². The fourth-order valence-corrected chi connectivity index (χ4v) is 1.18. The van der Waals surface area contributed by atoms with Crippen molar-refractivity contribution in [1.82, 2.24) is 4.98 Å². The molecule has 70 valence electrons. The number of carbonyl (C=O) groups is 1. The molecule has 1 aromatic heterocycles. The second-order valence-corrected chi connectivity index (χ2v) is 3.82. The van der Waals surface area contributed by atoms with E-state index in [2.05, 4.69) is 20.9 Å². The molecule has 0 spiro atoms. The quantitative estimate of drug-likeness (QED) is 0.817. The van der Waals surface area contributed by atoms with Crippen molar-refractivity contribution in [3.05, 3.63) is 28.5 Å². The number of nitrogens with two attached hydrogens (primary N) is 1. The molecule has 0 saturated heterocycles. The fraction of sp³-hybridized carbons (Fsp3) is 0.250. The molecule has 1 rings (SSSR count). The van der Waals surface area contributed by atoms with E-state index in [0.717, 1.165) is 0 Å². The normalized spacial score (nSPS) is 15.0. The highest BCUT2D eigenvalue weighted by molar-refractivity contribution is 9.10. The lowest BCUT2D eigenvalue weighted by atomic mass is 9.95. The minimum Gasteiger partial charge on any atom is -0.480 e. The zero-order chi connectivity index (χ0) is 10.1. The van der Waals surface area contributed by atoms with Crippen LogP contribution in [-0.2, 0) is 10.3 Å². The first kappa shape index (κ1) is 10.1. The van der Waals surface area contributed by atoms with Gasteiger partial charge in [-0.3, -0.25) is 4.98 Å². The molecule has 4 nitrogen and oxygen atoms in total. The molecule has 0 saturated carbocycles. The van der Waals surface area contributed by atoms with E-state index in [-0.39, 0.29) is 0 Å². The molecule has 1 heterocycles. The predicted octanol–water partition coefficient (Wildman–Crippen LogP) is 1.10. The molecule has 0 unspecified atom stereocenters. The van der Waals surface area contributed by atoms with Crippen LogP contribution in [0, 0.1) is 0 Å². The van der Waals surface area contributed by atoms with Crippen LogP contribution in [-0.4, -0.2) is 16.1 Å². The number of carboxylic acids is 1. The third-order valence-corrected chi connectivity index (χ3v) is 2.18. The Bertz CT molecular complexity index is 339. The Hall–Kier alpha value is -0.940. The summed E-state index contributed by atoms with van der Waals surface area (Å²) >= 11 is 3.19. The number of carboxylic acid groups (broad SMARTS) is 1. The van der Waals surface area contributed by atoms with Crippen LogP contribution in [0.2, 0.25) is 0 Å². The van der Waals surface area contributed by atoms with Gasteiger partial charge in [-0.2, -0.15) is 0 Å². The van der Waals surface area contributed by atoms with Gasteiger partial charge in [0.15, 0.2) is 0 Å². The van der Waals surface area contributed by atoms with Crippen LogP contribution < -0.4 is 5.73 Å². The molecule has 3 N–H and O–H groups in total. The summed E-state index contributed by atoms with van der Waals surface area (Å²) in [5, 5.41) is 8.82. The Morgan fingerprint density at radius 3 is 2.77 bits per heavy atom. The van der Waals surface area contributed by atoms with Gasteiger partial charge in [0.05, 0.1) is 0 Å². The number of hydrogen-bond donors (Lipinski definition) is 2. The Morgan fingerprint density at radius 1 is 1.69 bits per heavy atom. The molecular weight excluding hydrogens is 236 g/mol. The second-order valence-electron chi connectivity index (χ2n) is 2.90. The zero-order valence-electron chi connectivity index (χ0n) is 6.99. The highest BCUT2D eigenvalue weighted by atomic mass is 79.9. The van der Waals surface area contributed by atoms with Gasteiger partial charge in [0.25, 0.3) is 0 Å². The van der Waals surface area contributed by atoms with Gasteiger partial charge in [-0.05, 0) is 28.9 Å². The van der Waals surface area contributed by atoms with Crippen LogP contribution in [0.5, 0.6) is 0 Å². The first-order chi connectivity index (χ1) is 5.94. The van der Waals surface area contributed by atoms with Crippen LogP contribution in [0.25, 0.3) is 0 Å². The number of aliphatic carboxylic acids is 1. The molecule has 0 fully saturated rings. The molecular formula is C8H9BrN2O2. The van der Waals surface area contributed by atoms with Gasteiger partial charge in [0.2, 0.25) is 0 Å². The summed E-state index contributed by atoms with van der Waals surface area (Å²) in [5.74, 6) is -1.08. The average molecular weight is 245 g/mol. The van der Waals surface area contributed by atoms with Gasteiger partial charge < -0.3 is 10.8 Å². The van der Waals surface area contributed by atoms with Gasteiger partial charge >= 0.3 is 5.97 Å². The number of nitrogens with zero attached hydrogens (tertiary/aromatic N) is 1. The van der Waals surface area contributed by atoms with Gasteiger partial charge in [-0.15, -0.1) is 0 Å². The largest absolute Gasteiger partial charge is 0.480 e. The van der Waals surface area contributed by atoms with Gasteiger partial charge in [0, 0.05) is 22.4 Å². The van der Waals surface area contributed by atoms with Gasteiger partial charge in [0.1, 0.15) is 5.54 Å². The Kier molecular flexibility index (Phi) is 2.68. The number of rotatable bonds is 2. The van der Waals surface area contributed by atoms with Crippen molar-refractivity contribution >= 4 is 21.9 Å². The van der Waals surface area contributed by atoms with Gasteiger partial charge in [-0.1, -0.05) is 0 Å². The lowest BCUT2D eigenvalue weighted by Crippen LogP contribution is -2.41. The predicted molar refractivity (Wildman–Crippen MR) is 51.1 cm³/mol. The first-order valence-electron chi connectivity index (χ1n) is 3.58. The van der Waals surface area contributed by atoms with Crippen molar-refractivity contribution in [3.63, 3.8) is 0 Å². The summed E-state index contributed by atoms with van der Waals surface area (Å²) in [6, 6.07) is 1.64. The number of halogens is 1. The van der Waals surface area contributed by atoms with Crippen LogP contribution in [0.4, 0.5) is 0 Å². The topological polar surface area (TPSA) is 76.2 Å². The highest BCUT2D eigenvalue weighted by Gasteiger charge is 2.30. The van der Waals surface area contributed by atoms with E-state index >= 15 is 0 Å². The highest BCUT2D eigenvalue weighted by Crippen LogP contribution is 2.20. The average Bonchev–Trinajstić information content (AvgIpc) is 2.04. The molecule has 0 bridgehead atoms. The van der Waals surface area contributed by atoms with E-state index in [4.69, 9.17) is 10.8 Å². The molecule has 1 aromatic rings. The van der Waals surface area contributed by atoms with E-state index in [1.54, 1.807) is 12.3 Å². The van der Waals surface area contributed by atoms with Crippen LogP contribution in [0.3, 0.4) is 0 Å². The Morgan fingerprint density at radius 2 is 2.31 bits per heavy atom.